The van der Waals surface area contributed by atoms with E-state index >= 15 is 0 Å². The number of benzene rings is 1. The average Bonchev–Trinajstić information content (AvgIpc) is 2.94. The quantitative estimate of drug-likeness (QED) is 0.725. The van der Waals surface area contributed by atoms with Crippen molar-refractivity contribution in [1.82, 2.24) is 16.2 Å². The molecule has 136 valence electrons. The molecule has 1 fully saturated rings. The van der Waals surface area contributed by atoms with E-state index in [1.165, 1.54) is 0 Å². The van der Waals surface area contributed by atoms with Crippen LogP contribution in [-0.4, -0.2) is 18.0 Å². The molecule has 1 saturated heterocycles. The van der Waals surface area contributed by atoms with E-state index in [2.05, 4.69) is 56.0 Å². The maximum atomic E-state index is 13.3. The molecule has 1 aromatic carbocycles. The van der Waals surface area contributed by atoms with Crippen LogP contribution in [0.1, 0.15) is 51.7 Å². The van der Waals surface area contributed by atoms with Crippen molar-refractivity contribution in [2.24, 2.45) is 11.3 Å². The fourth-order valence-corrected chi connectivity index (χ4v) is 5.30. The first-order valence-electron chi connectivity index (χ1n) is 9.31. The van der Waals surface area contributed by atoms with E-state index in [0.29, 0.717) is 12.0 Å². The third kappa shape index (κ3) is 2.40. The number of fused-ring (bicyclic) bond motifs is 1. The van der Waals surface area contributed by atoms with Crippen LogP contribution in [0.25, 0.3) is 0 Å². The number of nitrogens with one attached hydrogen (secondary N) is 3. The van der Waals surface area contributed by atoms with Gasteiger partial charge in [-0.25, -0.2) is 5.43 Å². The van der Waals surface area contributed by atoms with Crippen LogP contribution >= 0.6 is 0 Å². The van der Waals surface area contributed by atoms with Gasteiger partial charge in [-0.2, -0.15) is 5.26 Å². The van der Waals surface area contributed by atoms with Crippen LogP contribution in [0.2, 0.25) is 0 Å². The van der Waals surface area contributed by atoms with E-state index in [-0.39, 0.29) is 29.3 Å². The second-order valence-corrected chi connectivity index (χ2v) is 8.91. The smallest absolute Gasteiger partial charge is 0.162 e. The van der Waals surface area contributed by atoms with Gasteiger partial charge in [-0.15, -0.1) is 0 Å². The summed E-state index contributed by atoms with van der Waals surface area (Å²) in [5, 5.41) is 13.0. The molecular weight excluding hydrogens is 324 g/mol. The highest BCUT2D eigenvalue weighted by molar-refractivity contribution is 6.00. The molecule has 5 heteroatoms. The van der Waals surface area contributed by atoms with Crippen molar-refractivity contribution in [3.05, 3.63) is 46.7 Å². The van der Waals surface area contributed by atoms with Crippen LogP contribution in [0.15, 0.2) is 35.5 Å². The van der Waals surface area contributed by atoms with Crippen LogP contribution in [0.3, 0.4) is 0 Å². The number of nitrogens with zero attached hydrogens (tertiary/aromatic N) is 1. The first kappa shape index (κ1) is 17.3. The standard InChI is InChI=1S/C21H26N4O/c1-12-17-19(25-24-12)23-15-9-20(2,3)10-16(26)18(15)21(17,4)14-7-5-6-13(8-14)11-22/h5-8,12,17,19,23-25H,9-10H2,1-4H3/t12?,17?,19?,21-/m0/s1. The zero-order chi connectivity index (χ0) is 18.7. The number of nitriles is 1. The van der Waals surface area contributed by atoms with Gasteiger partial charge in [0.1, 0.15) is 0 Å². The summed E-state index contributed by atoms with van der Waals surface area (Å²) in [5.74, 6) is 0.395. The first-order valence-corrected chi connectivity index (χ1v) is 9.31. The molecule has 4 rings (SSSR count). The molecule has 3 unspecified atom stereocenters. The van der Waals surface area contributed by atoms with E-state index in [1.807, 2.05) is 18.2 Å². The number of Topliss-reactive ketones (excluding diaryl/α,β-unsaturated/α-hetero) is 1. The Bertz CT molecular complexity index is 850. The molecule has 5 nitrogen and oxygen atoms in total. The van der Waals surface area contributed by atoms with Crippen LogP contribution in [0.5, 0.6) is 0 Å². The highest BCUT2D eigenvalue weighted by Gasteiger charge is 2.56. The molecule has 0 amide bonds. The Morgan fingerprint density at radius 1 is 1.19 bits per heavy atom. The Labute approximate surface area is 154 Å². The Balaban J connectivity index is 1.95. The molecule has 0 bridgehead atoms. The normalized spacial score (nSPS) is 35.3. The Hall–Kier alpha value is -2.16. The van der Waals surface area contributed by atoms with Crippen molar-refractivity contribution in [1.29, 1.82) is 5.26 Å². The van der Waals surface area contributed by atoms with Gasteiger partial charge < -0.3 is 5.32 Å². The molecule has 0 saturated carbocycles. The molecule has 0 spiro atoms. The molecule has 2 aliphatic heterocycles. The summed E-state index contributed by atoms with van der Waals surface area (Å²) in [6.45, 7) is 8.63. The minimum absolute atomic E-state index is 0.0389. The monoisotopic (exact) mass is 350 g/mol. The molecule has 4 atom stereocenters. The summed E-state index contributed by atoms with van der Waals surface area (Å²) in [6, 6.07) is 10.2. The number of allylic oxidation sites excluding steroid dienone is 2. The highest BCUT2D eigenvalue weighted by atomic mass is 16.1. The number of hydrazine groups is 1. The predicted octanol–water partition coefficient (Wildman–Crippen LogP) is 2.50. The van der Waals surface area contributed by atoms with Crippen LogP contribution in [0, 0.1) is 22.7 Å². The Morgan fingerprint density at radius 3 is 2.69 bits per heavy atom. The second-order valence-electron chi connectivity index (χ2n) is 8.91. The van der Waals surface area contributed by atoms with Gasteiger partial charge in [0.25, 0.3) is 0 Å². The number of ketones is 1. The third-order valence-electron chi connectivity index (χ3n) is 6.35. The lowest BCUT2D eigenvalue weighted by molar-refractivity contribution is -0.119. The summed E-state index contributed by atoms with van der Waals surface area (Å²) < 4.78 is 0. The molecule has 0 aromatic heterocycles. The third-order valence-corrected chi connectivity index (χ3v) is 6.35. The van der Waals surface area contributed by atoms with Crippen molar-refractivity contribution in [2.45, 2.75) is 58.2 Å². The largest absolute Gasteiger partial charge is 0.371 e. The first-order chi connectivity index (χ1) is 12.3. The van der Waals surface area contributed by atoms with Crippen molar-refractivity contribution in [3.63, 3.8) is 0 Å². The van der Waals surface area contributed by atoms with Crippen molar-refractivity contribution in [2.75, 3.05) is 0 Å². The van der Waals surface area contributed by atoms with E-state index in [0.717, 1.165) is 23.3 Å². The van der Waals surface area contributed by atoms with Crippen LogP contribution < -0.4 is 16.2 Å². The van der Waals surface area contributed by atoms with Gasteiger partial charge in [0.15, 0.2) is 5.78 Å². The van der Waals surface area contributed by atoms with E-state index < -0.39 is 5.41 Å². The minimum atomic E-state index is -0.443. The summed E-state index contributed by atoms with van der Waals surface area (Å²) >= 11 is 0. The molecule has 26 heavy (non-hydrogen) atoms. The lowest BCUT2D eigenvalue weighted by Gasteiger charge is -2.50. The second kappa shape index (κ2) is 5.67. The summed E-state index contributed by atoms with van der Waals surface area (Å²) in [7, 11) is 0. The Kier molecular flexibility index (Phi) is 3.76. The van der Waals surface area contributed by atoms with Gasteiger partial charge in [0, 0.05) is 35.1 Å². The molecule has 1 aromatic rings. The SMILES string of the molecule is CC1NNC2NC3=C(C(=O)CC(C)(C)C3)[C@@](C)(c3cccc(C#N)c3)C12. The fourth-order valence-electron chi connectivity index (χ4n) is 5.30. The topological polar surface area (TPSA) is 76.9 Å². The van der Waals surface area contributed by atoms with Crippen LogP contribution in [-0.2, 0) is 10.2 Å². The lowest BCUT2D eigenvalue weighted by Crippen LogP contribution is -2.58. The number of hydrogen-bond acceptors (Lipinski definition) is 5. The molecule has 1 aliphatic carbocycles. The summed E-state index contributed by atoms with van der Waals surface area (Å²) in [4.78, 5) is 13.3. The summed E-state index contributed by atoms with van der Waals surface area (Å²) in [5.41, 5.74) is 9.88. The number of rotatable bonds is 1. The molecule has 2 heterocycles. The van der Waals surface area contributed by atoms with Crippen molar-refractivity contribution < 1.29 is 4.79 Å². The van der Waals surface area contributed by atoms with Crippen molar-refractivity contribution >= 4 is 5.78 Å². The minimum Gasteiger partial charge on any atom is -0.371 e. The maximum Gasteiger partial charge on any atom is 0.162 e. The predicted molar refractivity (Wildman–Crippen MR) is 99.7 cm³/mol. The summed E-state index contributed by atoms with van der Waals surface area (Å²) in [6.07, 6.45) is 1.48. The maximum absolute atomic E-state index is 13.3. The van der Waals surface area contributed by atoms with Gasteiger partial charge in [-0.05, 0) is 36.5 Å². The van der Waals surface area contributed by atoms with Crippen molar-refractivity contribution in [3.8, 4) is 6.07 Å². The van der Waals surface area contributed by atoms with E-state index in [1.54, 1.807) is 0 Å². The lowest BCUT2D eigenvalue weighted by atomic mass is 9.57. The van der Waals surface area contributed by atoms with E-state index in [4.69, 9.17) is 0 Å². The zero-order valence-electron chi connectivity index (χ0n) is 15.8. The number of hydrogen-bond donors (Lipinski definition) is 3. The molecule has 0 radical (unpaired) electrons. The molecular formula is C21H26N4O. The van der Waals surface area contributed by atoms with Gasteiger partial charge in [0.05, 0.1) is 17.8 Å². The molecule has 3 aliphatic rings. The van der Waals surface area contributed by atoms with Crippen LogP contribution in [0.4, 0.5) is 0 Å². The van der Waals surface area contributed by atoms with Gasteiger partial charge in [-0.1, -0.05) is 32.9 Å². The Morgan fingerprint density at radius 2 is 1.96 bits per heavy atom. The number of carbonyl (C=O) groups is 1. The molecule has 3 N–H and O–H groups in total. The fraction of sp³-hybridized carbons (Fsp3) is 0.524. The highest BCUT2D eigenvalue weighted by Crippen LogP contribution is 2.52. The van der Waals surface area contributed by atoms with Gasteiger partial charge >= 0.3 is 0 Å². The zero-order valence-corrected chi connectivity index (χ0v) is 15.8. The number of carbonyl (C=O) groups excluding carboxylic acids is 1. The van der Waals surface area contributed by atoms with Gasteiger partial charge in [-0.3, -0.25) is 10.2 Å². The van der Waals surface area contributed by atoms with E-state index in [9.17, 15) is 10.1 Å². The van der Waals surface area contributed by atoms with Gasteiger partial charge in [0.2, 0.25) is 0 Å². The average molecular weight is 350 g/mol.